The summed E-state index contributed by atoms with van der Waals surface area (Å²) >= 11 is 0. The minimum Gasteiger partial charge on any atom is -0.309 e. The van der Waals surface area contributed by atoms with Gasteiger partial charge in [-0.1, -0.05) is 170 Å². The first-order chi connectivity index (χ1) is 29.2. The number of hydrogen-bond acceptors (Lipinski definition) is 2. The molecule has 2 aromatic heterocycles. The lowest BCUT2D eigenvalue weighted by molar-refractivity contribution is 1.20. The van der Waals surface area contributed by atoms with Gasteiger partial charge in [0.25, 0.3) is 0 Å². The van der Waals surface area contributed by atoms with Crippen LogP contribution in [0.2, 0.25) is 0 Å². The molecule has 0 radical (unpaired) electrons. The fourth-order valence-electron chi connectivity index (χ4n) is 9.17. The molecule has 0 saturated heterocycles. The minimum atomic E-state index is 0.865. The van der Waals surface area contributed by atoms with Crippen molar-refractivity contribution in [1.82, 2.24) is 14.5 Å². The van der Waals surface area contributed by atoms with Gasteiger partial charge in [-0.15, -0.1) is 0 Å². The SMILES string of the molecule is c1cc(-c2ccc(-c3cccc(-c4cnc5c6ccccc6c6ccccc6c5n4)c3)cc2)cc(-c2ccc3c(c2)c2ccccc2n3-c2cccc3ccccc23)c1. The Morgan fingerprint density at radius 3 is 1.53 bits per heavy atom. The molecule has 0 aliphatic heterocycles. The van der Waals surface area contributed by atoms with Crippen LogP contribution in [0.15, 0.2) is 212 Å². The fraction of sp³-hybridized carbons (Fsp3) is 0. The van der Waals surface area contributed by atoms with Gasteiger partial charge in [-0.25, -0.2) is 4.98 Å². The topological polar surface area (TPSA) is 30.7 Å². The Labute approximate surface area is 341 Å². The van der Waals surface area contributed by atoms with Gasteiger partial charge in [0.2, 0.25) is 0 Å². The highest BCUT2D eigenvalue weighted by atomic mass is 15.0. The summed E-state index contributed by atoms with van der Waals surface area (Å²) in [5.74, 6) is 0. The molecule has 10 aromatic carbocycles. The molecule has 59 heavy (non-hydrogen) atoms. The summed E-state index contributed by atoms with van der Waals surface area (Å²) in [6, 6.07) is 74.3. The highest BCUT2D eigenvalue weighted by molar-refractivity contribution is 6.23. The van der Waals surface area contributed by atoms with Crippen molar-refractivity contribution in [1.29, 1.82) is 0 Å². The first kappa shape index (κ1) is 33.3. The van der Waals surface area contributed by atoms with Crippen LogP contribution in [0.3, 0.4) is 0 Å². The van der Waals surface area contributed by atoms with Crippen LogP contribution in [0, 0.1) is 0 Å². The average molecular weight is 750 g/mol. The van der Waals surface area contributed by atoms with Gasteiger partial charge >= 0.3 is 0 Å². The van der Waals surface area contributed by atoms with Gasteiger partial charge in [0.15, 0.2) is 0 Å². The van der Waals surface area contributed by atoms with Crippen molar-refractivity contribution in [2.24, 2.45) is 0 Å². The molecule has 3 nitrogen and oxygen atoms in total. The van der Waals surface area contributed by atoms with Crippen LogP contribution >= 0.6 is 0 Å². The van der Waals surface area contributed by atoms with Crippen molar-refractivity contribution in [3.8, 4) is 50.3 Å². The summed E-state index contributed by atoms with van der Waals surface area (Å²) in [6.45, 7) is 0. The maximum absolute atomic E-state index is 5.24. The zero-order valence-electron chi connectivity index (χ0n) is 32.0. The maximum atomic E-state index is 5.24. The van der Waals surface area contributed by atoms with Crippen molar-refractivity contribution in [3.63, 3.8) is 0 Å². The van der Waals surface area contributed by atoms with E-state index in [4.69, 9.17) is 9.97 Å². The Kier molecular flexibility index (Phi) is 7.54. The third-order valence-corrected chi connectivity index (χ3v) is 12.0. The first-order valence-corrected chi connectivity index (χ1v) is 20.1. The predicted octanol–water partition coefficient (Wildman–Crippen LogP) is 14.9. The number of nitrogens with zero attached hydrogens (tertiary/aromatic N) is 3. The van der Waals surface area contributed by atoms with Gasteiger partial charge in [0.05, 0.1) is 39.6 Å². The molecule has 0 atom stereocenters. The van der Waals surface area contributed by atoms with Crippen LogP contribution in [0.1, 0.15) is 0 Å². The van der Waals surface area contributed by atoms with E-state index in [9.17, 15) is 0 Å². The van der Waals surface area contributed by atoms with Gasteiger partial charge in [-0.05, 0) is 85.9 Å². The lowest BCUT2D eigenvalue weighted by Crippen LogP contribution is -1.95. The molecule has 0 amide bonds. The fourth-order valence-corrected chi connectivity index (χ4v) is 9.17. The Morgan fingerprint density at radius 2 is 0.797 bits per heavy atom. The Balaban J connectivity index is 0.875. The highest BCUT2D eigenvalue weighted by Gasteiger charge is 2.16. The van der Waals surface area contributed by atoms with Crippen molar-refractivity contribution < 1.29 is 0 Å². The van der Waals surface area contributed by atoms with E-state index in [0.29, 0.717) is 0 Å². The van der Waals surface area contributed by atoms with E-state index in [2.05, 4.69) is 211 Å². The van der Waals surface area contributed by atoms with Gasteiger partial charge in [0.1, 0.15) is 0 Å². The molecule has 0 N–H and O–H groups in total. The summed E-state index contributed by atoms with van der Waals surface area (Å²) < 4.78 is 2.42. The predicted molar refractivity (Wildman–Crippen MR) is 248 cm³/mol. The first-order valence-electron chi connectivity index (χ1n) is 20.1. The van der Waals surface area contributed by atoms with Gasteiger partial charge in [-0.3, -0.25) is 4.98 Å². The second kappa shape index (κ2) is 13.4. The molecule has 0 bridgehead atoms. The Hall–Kier alpha value is -7.88. The van der Waals surface area contributed by atoms with Crippen LogP contribution in [0.4, 0.5) is 0 Å². The molecule has 0 aliphatic rings. The molecule has 12 rings (SSSR count). The van der Waals surface area contributed by atoms with Gasteiger partial charge in [-0.2, -0.15) is 0 Å². The molecule has 0 fully saturated rings. The van der Waals surface area contributed by atoms with E-state index in [-0.39, 0.29) is 0 Å². The number of rotatable bonds is 5. The average Bonchev–Trinajstić information content (AvgIpc) is 3.65. The van der Waals surface area contributed by atoms with E-state index in [1.165, 1.54) is 71.3 Å². The van der Waals surface area contributed by atoms with Gasteiger partial charge < -0.3 is 4.57 Å². The normalized spacial score (nSPS) is 11.7. The molecule has 0 aliphatic carbocycles. The zero-order chi connectivity index (χ0) is 38.9. The number of hydrogen-bond donors (Lipinski definition) is 0. The third-order valence-electron chi connectivity index (χ3n) is 12.0. The van der Waals surface area contributed by atoms with Crippen LogP contribution in [-0.2, 0) is 0 Å². The van der Waals surface area contributed by atoms with Crippen molar-refractivity contribution in [2.45, 2.75) is 0 Å². The molecule has 0 saturated carbocycles. The van der Waals surface area contributed by atoms with E-state index in [0.717, 1.165) is 44.2 Å². The van der Waals surface area contributed by atoms with Crippen molar-refractivity contribution in [2.75, 3.05) is 0 Å². The molecular formula is C56H35N3. The molecule has 12 aromatic rings. The zero-order valence-corrected chi connectivity index (χ0v) is 32.0. The lowest BCUT2D eigenvalue weighted by atomic mass is 9.96. The third kappa shape index (κ3) is 5.44. The summed E-state index contributed by atoms with van der Waals surface area (Å²) in [7, 11) is 0. The quantitative estimate of drug-likeness (QED) is 0.164. The largest absolute Gasteiger partial charge is 0.309 e. The summed E-state index contributed by atoms with van der Waals surface area (Å²) in [5, 5.41) is 9.64. The van der Waals surface area contributed by atoms with Crippen molar-refractivity contribution in [3.05, 3.63) is 212 Å². The standard InChI is InChI=1S/C56H35N3/c1-2-18-44-38(12-1)13-11-25-52(44)59-53-24-8-7-21-47(53)50-34-42(30-31-54(50)59)41-16-9-14-39(32-41)36-26-28-37(29-27-36)40-15-10-17-43(33-40)51-35-57-55-48-22-5-3-19-45(48)46-20-4-6-23-49(46)56(55)58-51/h1-35H. The second-order valence-electron chi connectivity index (χ2n) is 15.4. The van der Waals surface area contributed by atoms with Crippen LogP contribution in [0.25, 0.3) is 115 Å². The van der Waals surface area contributed by atoms with Crippen molar-refractivity contribution >= 4 is 65.2 Å². The molecule has 2 heterocycles. The lowest BCUT2D eigenvalue weighted by Gasteiger charge is -2.12. The highest BCUT2D eigenvalue weighted by Crippen LogP contribution is 2.39. The number of aromatic nitrogens is 3. The molecular weight excluding hydrogens is 715 g/mol. The molecule has 0 unspecified atom stereocenters. The van der Waals surface area contributed by atoms with E-state index >= 15 is 0 Å². The van der Waals surface area contributed by atoms with E-state index in [1.54, 1.807) is 0 Å². The Morgan fingerprint density at radius 1 is 0.305 bits per heavy atom. The van der Waals surface area contributed by atoms with Crippen LogP contribution < -0.4 is 0 Å². The molecule has 274 valence electrons. The van der Waals surface area contributed by atoms with E-state index < -0.39 is 0 Å². The number of benzene rings is 10. The van der Waals surface area contributed by atoms with Crippen LogP contribution in [-0.4, -0.2) is 14.5 Å². The summed E-state index contributed by atoms with van der Waals surface area (Å²) in [6.07, 6.45) is 1.92. The summed E-state index contributed by atoms with van der Waals surface area (Å²) in [4.78, 5) is 10.2. The monoisotopic (exact) mass is 749 g/mol. The Bertz CT molecular complexity index is 3570. The molecule has 3 heteroatoms. The number of fused-ring (bicyclic) bond motifs is 10. The van der Waals surface area contributed by atoms with Gasteiger partial charge in [0, 0.05) is 32.5 Å². The second-order valence-corrected chi connectivity index (χ2v) is 15.4. The van der Waals surface area contributed by atoms with Crippen LogP contribution in [0.5, 0.6) is 0 Å². The van der Waals surface area contributed by atoms with E-state index in [1.807, 2.05) is 6.20 Å². The maximum Gasteiger partial charge on any atom is 0.0979 e. The number of para-hydroxylation sites is 1. The smallest absolute Gasteiger partial charge is 0.0979 e. The minimum absolute atomic E-state index is 0.865. The summed E-state index contributed by atoms with van der Waals surface area (Å²) in [5.41, 5.74) is 14.5. The molecule has 0 spiro atoms.